The van der Waals surface area contributed by atoms with Crippen molar-refractivity contribution in [1.82, 2.24) is 0 Å². The molecule has 0 aliphatic rings. The van der Waals surface area contributed by atoms with E-state index in [2.05, 4.69) is 0 Å². The van der Waals surface area contributed by atoms with Crippen molar-refractivity contribution in [2.75, 3.05) is 39.3 Å². The van der Waals surface area contributed by atoms with Crippen LogP contribution in [0, 0.1) is 0 Å². The molecule has 17 heavy (non-hydrogen) atoms. The summed E-state index contributed by atoms with van der Waals surface area (Å²) in [5, 5.41) is 0. The number of ether oxygens (including phenoxy) is 3. The predicted octanol–water partition coefficient (Wildman–Crippen LogP) is 1.09. The molecule has 0 amide bonds. The van der Waals surface area contributed by atoms with Crippen molar-refractivity contribution in [2.45, 2.75) is 0 Å². The van der Waals surface area contributed by atoms with Crippen LogP contribution in [0.25, 0.3) is 0 Å². The lowest BCUT2D eigenvalue weighted by atomic mass is 10.2. The first-order valence-corrected chi connectivity index (χ1v) is 5.33. The zero-order valence-corrected chi connectivity index (χ0v) is 9.85. The third kappa shape index (κ3) is 5.33. The highest BCUT2D eigenvalue weighted by Gasteiger charge is 2.06. The maximum atomic E-state index is 11.5. The molecule has 0 saturated carbocycles. The van der Waals surface area contributed by atoms with Crippen LogP contribution in [0.2, 0.25) is 0 Å². The van der Waals surface area contributed by atoms with E-state index in [0.29, 0.717) is 31.1 Å². The SMILES string of the molecule is COCCOCCOC(=O)c1cccc(N)c1. The molecule has 0 atom stereocenters. The van der Waals surface area contributed by atoms with Gasteiger partial charge in [0, 0.05) is 12.8 Å². The number of rotatable bonds is 7. The van der Waals surface area contributed by atoms with E-state index in [0.717, 1.165) is 0 Å². The van der Waals surface area contributed by atoms with Gasteiger partial charge in [-0.25, -0.2) is 4.79 Å². The van der Waals surface area contributed by atoms with Gasteiger partial charge in [0.1, 0.15) is 6.61 Å². The summed E-state index contributed by atoms with van der Waals surface area (Å²) < 4.78 is 15.0. The maximum absolute atomic E-state index is 11.5. The number of esters is 1. The number of nitrogens with two attached hydrogens (primary N) is 1. The van der Waals surface area contributed by atoms with Crippen LogP contribution >= 0.6 is 0 Å². The largest absolute Gasteiger partial charge is 0.460 e. The average Bonchev–Trinajstić information content (AvgIpc) is 2.33. The molecule has 0 aromatic heterocycles. The summed E-state index contributed by atoms with van der Waals surface area (Å²) in [7, 11) is 1.60. The minimum atomic E-state index is -0.396. The molecule has 0 aliphatic heterocycles. The molecule has 0 bridgehead atoms. The summed E-state index contributed by atoms with van der Waals surface area (Å²) in [6.07, 6.45) is 0. The number of nitrogen functional groups attached to an aromatic ring is 1. The van der Waals surface area contributed by atoms with Crippen molar-refractivity contribution in [3.05, 3.63) is 29.8 Å². The van der Waals surface area contributed by atoms with Crippen molar-refractivity contribution in [1.29, 1.82) is 0 Å². The fourth-order valence-corrected chi connectivity index (χ4v) is 1.19. The summed E-state index contributed by atoms with van der Waals surface area (Å²) in [5.74, 6) is -0.396. The van der Waals surface area contributed by atoms with Gasteiger partial charge < -0.3 is 19.9 Å². The number of benzene rings is 1. The quantitative estimate of drug-likeness (QED) is 0.438. The minimum absolute atomic E-state index is 0.220. The molecular formula is C12H17NO4. The van der Waals surface area contributed by atoms with E-state index in [-0.39, 0.29) is 6.61 Å². The lowest BCUT2D eigenvalue weighted by molar-refractivity contribution is 0.0214. The molecule has 0 spiro atoms. The number of anilines is 1. The summed E-state index contributed by atoms with van der Waals surface area (Å²) in [6.45, 7) is 1.60. The maximum Gasteiger partial charge on any atom is 0.338 e. The smallest absolute Gasteiger partial charge is 0.338 e. The Kier molecular flexibility index (Phi) is 6.06. The minimum Gasteiger partial charge on any atom is -0.460 e. The molecule has 5 nitrogen and oxygen atoms in total. The van der Waals surface area contributed by atoms with E-state index in [4.69, 9.17) is 19.9 Å². The van der Waals surface area contributed by atoms with Gasteiger partial charge in [0.25, 0.3) is 0 Å². The third-order valence-corrected chi connectivity index (χ3v) is 2.01. The van der Waals surface area contributed by atoms with Crippen molar-refractivity contribution < 1.29 is 19.0 Å². The van der Waals surface area contributed by atoms with E-state index in [1.807, 2.05) is 0 Å². The van der Waals surface area contributed by atoms with Crippen LogP contribution in [0.15, 0.2) is 24.3 Å². The first kappa shape index (κ1) is 13.5. The second-order valence-corrected chi connectivity index (χ2v) is 3.37. The standard InChI is InChI=1S/C12H17NO4/c1-15-5-6-16-7-8-17-12(14)10-3-2-4-11(13)9-10/h2-4,9H,5-8,13H2,1H3. The monoisotopic (exact) mass is 239 g/mol. The van der Waals surface area contributed by atoms with Crippen LogP contribution in [0.5, 0.6) is 0 Å². The molecule has 0 saturated heterocycles. The van der Waals surface area contributed by atoms with Crippen LogP contribution in [-0.4, -0.2) is 39.5 Å². The number of hydrogen-bond acceptors (Lipinski definition) is 5. The lowest BCUT2D eigenvalue weighted by Gasteiger charge is -2.06. The summed E-state index contributed by atoms with van der Waals surface area (Å²) in [6, 6.07) is 6.66. The number of carbonyl (C=O) groups excluding carboxylic acids is 1. The van der Waals surface area contributed by atoms with Crippen LogP contribution in [0.3, 0.4) is 0 Å². The first-order valence-electron chi connectivity index (χ1n) is 5.33. The Morgan fingerprint density at radius 3 is 2.71 bits per heavy atom. The fraction of sp³-hybridized carbons (Fsp3) is 0.417. The second kappa shape index (κ2) is 7.65. The van der Waals surface area contributed by atoms with Gasteiger partial charge >= 0.3 is 5.97 Å². The predicted molar refractivity (Wildman–Crippen MR) is 63.8 cm³/mol. The van der Waals surface area contributed by atoms with Gasteiger partial charge in [-0.1, -0.05) is 6.07 Å². The third-order valence-electron chi connectivity index (χ3n) is 2.01. The van der Waals surface area contributed by atoms with Gasteiger partial charge in [-0.2, -0.15) is 0 Å². The Hall–Kier alpha value is -1.59. The molecule has 1 rings (SSSR count). The van der Waals surface area contributed by atoms with Crippen LogP contribution in [0.1, 0.15) is 10.4 Å². The Labute approximate surface area is 100 Å². The van der Waals surface area contributed by atoms with Crippen LogP contribution in [0.4, 0.5) is 5.69 Å². The molecule has 0 aliphatic carbocycles. The highest BCUT2D eigenvalue weighted by atomic mass is 16.6. The Morgan fingerprint density at radius 2 is 2.00 bits per heavy atom. The highest BCUT2D eigenvalue weighted by molar-refractivity contribution is 5.90. The average molecular weight is 239 g/mol. The number of methoxy groups -OCH3 is 1. The molecule has 0 fully saturated rings. The van der Waals surface area contributed by atoms with Gasteiger partial charge in [-0.15, -0.1) is 0 Å². The molecule has 1 aromatic rings. The summed E-state index contributed by atoms with van der Waals surface area (Å²) >= 11 is 0. The van der Waals surface area contributed by atoms with Gasteiger partial charge in [0.05, 0.1) is 25.4 Å². The van der Waals surface area contributed by atoms with Crippen molar-refractivity contribution in [3.63, 3.8) is 0 Å². The first-order chi connectivity index (χ1) is 8.24. The van der Waals surface area contributed by atoms with Crippen molar-refractivity contribution in [2.24, 2.45) is 0 Å². The number of carbonyl (C=O) groups is 1. The van der Waals surface area contributed by atoms with Gasteiger partial charge in [0.15, 0.2) is 0 Å². The summed E-state index contributed by atoms with van der Waals surface area (Å²) in [4.78, 5) is 11.5. The Morgan fingerprint density at radius 1 is 1.24 bits per heavy atom. The molecule has 0 heterocycles. The molecule has 0 unspecified atom stereocenters. The zero-order valence-electron chi connectivity index (χ0n) is 9.85. The molecule has 1 aromatic carbocycles. The van der Waals surface area contributed by atoms with Gasteiger partial charge in [0.2, 0.25) is 0 Å². The van der Waals surface area contributed by atoms with Gasteiger partial charge in [-0.3, -0.25) is 0 Å². The lowest BCUT2D eigenvalue weighted by Crippen LogP contribution is -2.12. The van der Waals surface area contributed by atoms with E-state index >= 15 is 0 Å². The number of hydrogen-bond donors (Lipinski definition) is 1. The van der Waals surface area contributed by atoms with Gasteiger partial charge in [-0.05, 0) is 18.2 Å². The molecule has 94 valence electrons. The van der Waals surface area contributed by atoms with Crippen LogP contribution < -0.4 is 5.73 Å². The topological polar surface area (TPSA) is 70.8 Å². The highest BCUT2D eigenvalue weighted by Crippen LogP contribution is 2.07. The Balaban J connectivity index is 2.21. The van der Waals surface area contributed by atoms with E-state index < -0.39 is 5.97 Å². The molecule has 5 heteroatoms. The van der Waals surface area contributed by atoms with Crippen LogP contribution in [-0.2, 0) is 14.2 Å². The molecular weight excluding hydrogens is 222 g/mol. The van der Waals surface area contributed by atoms with E-state index in [1.165, 1.54) is 0 Å². The molecule has 2 N–H and O–H groups in total. The summed E-state index contributed by atoms with van der Waals surface area (Å²) in [5.41, 5.74) is 6.54. The fourth-order valence-electron chi connectivity index (χ4n) is 1.19. The second-order valence-electron chi connectivity index (χ2n) is 3.37. The Bertz CT molecular complexity index is 354. The van der Waals surface area contributed by atoms with Crippen molar-refractivity contribution in [3.8, 4) is 0 Å². The normalized spacial score (nSPS) is 10.2. The van der Waals surface area contributed by atoms with E-state index in [9.17, 15) is 4.79 Å². The zero-order chi connectivity index (χ0) is 12.5. The van der Waals surface area contributed by atoms with Crippen molar-refractivity contribution >= 4 is 11.7 Å². The van der Waals surface area contributed by atoms with E-state index in [1.54, 1.807) is 31.4 Å². The molecule has 0 radical (unpaired) electrons.